The topological polar surface area (TPSA) is 0 Å². The molecule has 0 N–H and O–H groups in total. The van der Waals surface area contributed by atoms with Gasteiger partial charge in [-0.25, -0.2) is 0 Å². The van der Waals surface area contributed by atoms with Gasteiger partial charge in [-0.3, -0.25) is 0 Å². The van der Waals surface area contributed by atoms with Crippen molar-refractivity contribution in [2.24, 2.45) is 0 Å². The molecule has 0 amide bonds. The molecule has 0 aliphatic carbocycles. The van der Waals surface area contributed by atoms with Crippen molar-refractivity contribution in [1.29, 1.82) is 0 Å². The van der Waals surface area contributed by atoms with Crippen LogP contribution in [0.25, 0.3) is 44.5 Å². The second kappa shape index (κ2) is 6.16. The van der Waals surface area contributed by atoms with E-state index < -0.39 is 0 Å². The lowest BCUT2D eigenvalue weighted by Gasteiger charge is -2.08. The molecule has 0 spiro atoms. The number of hydrogen-bond acceptors (Lipinski definition) is 0. The van der Waals surface area contributed by atoms with Crippen LogP contribution in [0.15, 0.2) is 97.1 Å². The molecule has 0 radical (unpaired) electrons. The number of fused-ring (bicyclic) bond motifs is 4. The minimum absolute atomic E-state index is 1.22. The van der Waals surface area contributed by atoms with E-state index in [0.717, 1.165) is 0 Å². The lowest BCUT2D eigenvalue weighted by Crippen LogP contribution is -1.82. The molecule has 0 fully saturated rings. The predicted octanol–water partition coefficient (Wildman–Crippen LogP) is 7.32. The molecule has 0 heterocycles. The van der Waals surface area contributed by atoms with E-state index in [9.17, 15) is 0 Å². The van der Waals surface area contributed by atoms with E-state index in [-0.39, 0.29) is 0 Å². The Bertz CT molecular complexity index is 1280. The van der Waals surface area contributed by atoms with Crippen LogP contribution < -0.4 is 0 Å². The van der Waals surface area contributed by atoms with Crippen molar-refractivity contribution in [2.75, 3.05) is 0 Å². The summed E-state index contributed by atoms with van der Waals surface area (Å²) in [6.45, 7) is 0. The van der Waals surface area contributed by atoms with Gasteiger partial charge >= 0.3 is 0 Å². The Labute approximate surface area is 153 Å². The Balaban J connectivity index is 1.66. The molecule has 0 saturated heterocycles. The van der Waals surface area contributed by atoms with Gasteiger partial charge in [0, 0.05) is 0 Å². The molecule has 0 aliphatic rings. The van der Waals surface area contributed by atoms with E-state index >= 15 is 0 Å². The van der Waals surface area contributed by atoms with E-state index in [1.54, 1.807) is 0 Å². The highest BCUT2D eigenvalue weighted by Gasteiger charge is 2.04. The summed E-state index contributed by atoms with van der Waals surface area (Å²) in [5.74, 6) is 0. The molecule has 0 aliphatic heterocycles. The van der Waals surface area contributed by atoms with Crippen LogP contribution in [0, 0.1) is 0 Å². The second-order valence-corrected chi connectivity index (χ2v) is 6.67. The van der Waals surface area contributed by atoms with Crippen LogP contribution in [-0.2, 0) is 0 Å². The number of benzene rings is 5. The van der Waals surface area contributed by atoms with Crippen molar-refractivity contribution < 1.29 is 0 Å². The largest absolute Gasteiger partial charge is 0.0616 e. The highest BCUT2D eigenvalue weighted by atomic mass is 14.1. The van der Waals surface area contributed by atoms with Crippen LogP contribution in [0.4, 0.5) is 0 Å². The molecule has 0 unspecified atom stereocenters. The Morgan fingerprint density at radius 2 is 1.08 bits per heavy atom. The molecule has 26 heavy (non-hydrogen) atoms. The molecule has 0 heteroatoms. The van der Waals surface area contributed by atoms with Gasteiger partial charge in [-0.1, -0.05) is 97.1 Å². The quantitative estimate of drug-likeness (QED) is 0.235. The Kier molecular flexibility index (Phi) is 3.54. The van der Waals surface area contributed by atoms with Crippen LogP contribution in [0.1, 0.15) is 11.1 Å². The molecule has 5 aromatic carbocycles. The van der Waals surface area contributed by atoms with Gasteiger partial charge in [0.1, 0.15) is 0 Å². The lowest BCUT2D eigenvalue weighted by molar-refractivity contribution is 1.70. The molecule has 0 aromatic heterocycles. The Hall–Kier alpha value is -3.38. The van der Waals surface area contributed by atoms with Gasteiger partial charge in [0.25, 0.3) is 0 Å². The maximum atomic E-state index is 2.29. The van der Waals surface area contributed by atoms with Crippen molar-refractivity contribution >= 4 is 44.5 Å². The fourth-order valence-electron chi connectivity index (χ4n) is 3.72. The van der Waals surface area contributed by atoms with Gasteiger partial charge in [-0.05, 0) is 55.6 Å². The van der Waals surface area contributed by atoms with Crippen molar-refractivity contribution in [3.05, 3.63) is 108 Å². The first-order chi connectivity index (χ1) is 12.9. The average molecular weight is 330 g/mol. The standard InChI is InChI=1S/C26H18/c1-2-8-21-17-19(13-15-20(21)7-1)14-16-23-18-22-9-3-4-10-24(22)26-12-6-5-11-25(23)26/h1-18H/b16-14-. The van der Waals surface area contributed by atoms with Crippen molar-refractivity contribution in [2.45, 2.75) is 0 Å². The van der Waals surface area contributed by atoms with E-state index in [1.165, 1.54) is 43.4 Å². The van der Waals surface area contributed by atoms with Crippen LogP contribution >= 0.6 is 0 Å². The van der Waals surface area contributed by atoms with Gasteiger partial charge in [0.2, 0.25) is 0 Å². The van der Waals surface area contributed by atoms with Crippen LogP contribution in [0.2, 0.25) is 0 Å². The number of rotatable bonds is 2. The maximum absolute atomic E-state index is 2.29. The van der Waals surface area contributed by atoms with Gasteiger partial charge in [-0.15, -0.1) is 0 Å². The zero-order valence-electron chi connectivity index (χ0n) is 14.4. The summed E-state index contributed by atoms with van der Waals surface area (Å²) in [5.41, 5.74) is 2.48. The maximum Gasteiger partial charge on any atom is -0.00994 e. The third kappa shape index (κ3) is 2.57. The first kappa shape index (κ1) is 14.9. The predicted molar refractivity (Wildman–Crippen MR) is 114 cm³/mol. The molecule has 0 saturated carbocycles. The number of hydrogen-bond donors (Lipinski definition) is 0. The molecule has 5 aromatic rings. The molecule has 122 valence electrons. The molecular weight excluding hydrogens is 312 g/mol. The summed E-state index contributed by atoms with van der Waals surface area (Å²) in [6.07, 6.45) is 4.45. The molecule has 0 bridgehead atoms. The van der Waals surface area contributed by atoms with E-state index in [1.807, 2.05) is 0 Å². The van der Waals surface area contributed by atoms with Crippen LogP contribution in [0.3, 0.4) is 0 Å². The Morgan fingerprint density at radius 1 is 0.423 bits per heavy atom. The SMILES string of the molecule is C(=C/c1cc2ccccc2c2ccccc12)/c1ccc2ccccc2c1. The fourth-order valence-corrected chi connectivity index (χ4v) is 3.72. The zero-order valence-corrected chi connectivity index (χ0v) is 14.4. The monoisotopic (exact) mass is 330 g/mol. The van der Waals surface area contributed by atoms with Gasteiger partial charge in [-0.2, -0.15) is 0 Å². The minimum Gasteiger partial charge on any atom is -0.0616 e. The highest BCUT2D eigenvalue weighted by Crippen LogP contribution is 2.30. The highest BCUT2D eigenvalue weighted by molar-refractivity contribution is 6.11. The average Bonchev–Trinajstić information content (AvgIpc) is 2.72. The van der Waals surface area contributed by atoms with Gasteiger partial charge in [0.05, 0.1) is 0 Å². The summed E-state index contributed by atoms with van der Waals surface area (Å²) in [4.78, 5) is 0. The van der Waals surface area contributed by atoms with E-state index in [2.05, 4.69) is 109 Å². The van der Waals surface area contributed by atoms with E-state index in [0.29, 0.717) is 0 Å². The fraction of sp³-hybridized carbons (Fsp3) is 0. The summed E-state index contributed by atoms with van der Waals surface area (Å²) >= 11 is 0. The summed E-state index contributed by atoms with van der Waals surface area (Å²) in [7, 11) is 0. The zero-order chi connectivity index (χ0) is 17.3. The van der Waals surface area contributed by atoms with Crippen molar-refractivity contribution in [1.82, 2.24) is 0 Å². The minimum atomic E-state index is 1.22. The summed E-state index contributed by atoms with van der Waals surface area (Å²) in [5, 5.41) is 7.75. The van der Waals surface area contributed by atoms with Crippen LogP contribution in [-0.4, -0.2) is 0 Å². The molecule has 0 nitrogen and oxygen atoms in total. The third-order valence-electron chi connectivity index (χ3n) is 5.03. The van der Waals surface area contributed by atoms with Crippen molar-refractivity contribution in [3.8, 4) is 0 Å². The third-order valence-corrected chi connectivity index (χ3v) is 5.03. The van der Waals surface area contributed by atoms with Gasteiger partial charge in [0.15, 0.2) is 0 Å². The summed E-state index contributed by atoms with van der Waals surface area (Å²) in [6, 6.07) is 34.7. The molecule has 0 atom stereocenters. The second-order valence-electron chi connectivity index (χ2n) is 6.67. The Morgan fingerprint density at radius 3 is 1.92 bits per heavy atom. The van der Waals surface area contributed by atoms with Crippen LogP contribution in [0.5, 0.6) is 0 Å². The van der Waals surface area contributed by atoms with Gasteiger partial charge < -0.3 is 0 Å². The molecule has 5 rings (SSSR count). The normalized spacial score (nSPS) is 11.7. The lowest BCUT2D eigenvalue weighted by atomic mass is 9.96. The smallest absolute Gasteiger partial charge is 0.00994 e. The molecular formula is C26H18. The van der Waals surface area contributed by atoms with E-state index in [4.69, 9.17) is 0 Å². The summed E-state index contributed by atoms with van der Waals surface area (Å²) < 4.78 is 0. The first-order valence-electron chi connectivity index (χ1n) is 8.96. The first-order valence-corrected chi connectivity index (χ1v) is 8.96. The van der Waals surface area contributed by atoms with Crippen molar-refractivity contribution in [3.63, 3.8) is 0 Å².